The van der Waals surface area contributed by atoms with Gasteiger partial charge in [0.05, 0.1) is 0 Å². The van der Waals surface area contributed by atoms with Gasteiger partial charge in [-0.05, 0) is 73.1 Å². The smallest absolute Gasteiger partial charge is 0 e. The van der Waals surface area contributed by atoms with E-state index in [1.54, 1.807) is 20.9 Å². The first kappa shape index (κ1) is 83.4. The van der Waals surface area contributed by atoms with Gasteiger partial charge < -0.3 is 0 Å². The molecule has 42 heavy (non-hydrogen) atoms. The third-order valence-electron chi connectivity index (χ3n) is 1.70. The Morgan fingerprint density at radius 1 is 0.524 bits per heavy atom. The van der Waals surface area contributed by atoms with E-state index in [-0.39, 0.29) is 59.8 Å². The van der Waals surface area contributed by atoms with Gasteiger partial charge in [0.15, 0.2) is 0 Å². The molecule has 19 heteroatoms. The zero-order valence-electron chi connectivity index (χ0n) is 21.2. The van der Waals surface area contributed by atoms with Crippen LogP contribution in [0, 0.1) is 71.0 Å². The molecule has 0 aliphatic heterocycles. The van der Waals surface area contributed by atoms with E-state index >= 15 is 0 Å². The fraction of sp³-hybridized carbons (Fsp3) is 0.391. The molecule has 0 nitrogen and oxygen atoms in total. The molecule has 0 spiro atoms. The molecule has 0 heterocycles. The van der Waals surface area contributed by atoms with Crippen LogP contribution in [-0.4, -0.2) is 94.5 Å². The maximum absolute atomic E-state index is 8.00. The van der Waals surface area contributed by atoms with E-state index in [1.165, 1.54) is 14.1 Å². The number of hydrogen-bond donors (Lipinski definition) is 0. The number of hydrogen-bond acceptors (Lipinski definition) is 0. The van der Waals surface area contributed by atoms with Gasteiger partial charge in [0, 0.05) is 126 Å². The van der Waals surface area contributed by atoms with Gasteiger partial charge in [0.1, 0.15) is 0 Å². The molecule has 0 amide bonds. The maximum Gasteiger partial charge on any atom is 0 e. The molecule has 0 aliphatic rings. The second-order valence-corrected chi connectivity index (χ2v) is 4.06. The summed E-state index contributed by atoms with van der Waals surface area (Å²) < 4.78 is 58.0. The minimum atomic E-state index is -0.482. The molecule has 0 unspecified atom stereocenters. The van der Waals surface area contributed by atoms with E-state index in [1.807, 2.05) is 0 Å². The van der Waals surface area contributed by atoms with Crippen molar-refractivity contribution in [1.29, 1.82) is 0 Å². The first-order chi connectivity index (χ1) is 17.8. The fourth-order valence-electron chi connectivity index (χ4n) is 0.696. The lowest BCUT2D eigenvalue weighted by molar-refractivity contribution is 0.108. The molecule has 17 radical (unpaired) electrons. The van der Waals surface area contributed by atoms with Gasteiger partial charge in [-0.15, -0.1) is 13.2 Å². The van der Waals surface area contributed by atoms with Crippen molar-refractivity contribution in [3.05, 3.63) is 13.2 Å². The molecule has 0 aliphatic carbocycles. The summed E-state index contributed by atoms with van der Waals surface area (Å²) in [6.45, 7) is 9.43. The zero-order valence-corrected chi connectivity index (χ0v) is 19.2. The quantitative estimate of drug-likeness (QED) is 0.203. The summed E-state index contributed by atoms with van der Waals surface area (Å²) in [5.74, 6) is 30.6. The SMILES string of the molecule is C.C.C.C.C.C.C.C=C.CC#CC#CC#CC#CC#CC#CC.FF.FF.FF.[2H][2H].[B][B]B([B])[B].[B][B]B([B])[B]B([B])[B].[HH]. The third-order valence-corrected chi connectivity index (χ3v) is 1.70. The second-order valence-electron chi connectivity index (χ2n) is 4.06. The molecule has 0 N–H and O–H groups in total. The van der Waals surface area contributed by atoms with Crippen molar-refractivity contribution in [2.24, 2.45) is 0 Å². The summed E-state index contributed by atoms with van der Waals surface area (Å²) in [6.07, 6.45) is -1.24. The lowest BCUT2D eigenvalue weighted by Gasteiger charge is -2.04. The largest absolute Gasteiger partial charge is 0.106 e. The highest BCUT2D eigenvalue weighted by Gasteiger charge is 2.05. The molecular weight excluding hydrogens is 531 g/mol. The standard InChI is InChI=1S/C14H6.C2H4.7CH4.B8.B5.3F2.2H2/c1-3-5-7-9-11-13-14-12-10-8-6-4-2;1-2;;;;;;;;1-5-8(4)6-7(2)3;1-4-5(2)3;3*1-2;;/h1-2H3;1-2H2;7*1H4;;;;;;2*1H/i;;;;;;;;;;;;;;1+1D;. The van der Waals surface area contributed by atoms with Gasteiger partial charge in [-0.1, -0.05) is 63.8 Å². The van der Waals surface area contributed by atoms with Crippen LogP contribution in [-0.2, 0) is 0 Å². The Morgan fingerprint density at radius 2 is 0.714 bits per heavy atom. The molecule has 0 aromatic carbocycles. The summed E-state index contributed by atoms with van der Waals surface area (Å²) in [7, 11) is 39.2. The maximum atomic E-state index is 8.00. The molecule has 0 saturated carbocycles. The van der Waals surface area contributed by atoms with E-state index < -0.39 is 12.8 Å². The Balaban J connectivity index is -0.0000000171. The topological polar surface area (TPSA) is 0 Å². The Hall–Kier alpha value is -2.48. The van der Waals surface area contributed by atoms with E-state index in [0.29, 0.717) is 0 Å². The number of rotatable bonds is 4. The van der Waals surface area contributed by atoms with Crippen LogP contribution in [0.1, 0.15) is 70.2 Å². The van der Waals surface area contributed by atoms with Crippen LogP contribution in [0.5, 0.6) is 0 Å². The Morgan fingerprint density at radius 3 is 0.810 bits per heavy atom. The van der Waals surface area contributed by atoms with Gasteiger partial charge in [-0.3, -0.25) is 0 Å². The van der Waals surface area contributed by atoms with Crippen molar-refractivity contribution < 1.29 is 31.8 Å². The minimum Gasteiger partial charge on any atom is -0.106 e. The van der Waals surface area contributed by atoms with Crippen LogP contribution in [0.15, 0.2) is 13.2 Å². The van der Waals surface area contributed by atoms with Crippen LogP contribution in [0.25, 0.3) is 0 Å². The van der Waals surface area contributed by atoms with Crippen molar-refractivity contribution >= 4 is 94.5 Å². The van der Waals surface area contributed by atoms with E-state index in [4.69, 9.17) is 84.6 Å². The van der Waals surface area contributed by atoms with Gasteiger partial charge in [-0.2, -0.15) is 0 Å². The summed E-state index contributed by atoms with van der Waals surface area (Å²) in [6, 6.07) is 0. The van der Waals surface area contributed by atoms with Crippen LogP contribution in [0.2, 0.25) is 0 Å². The fourth-order valence-corrected chi connectivity index (χ4v) is 0.696. The lowest BCUT2D eigenvalue weighted by atomic mass is 8.77. The Bertz CT molecular complexity index is 744. The molecule has 0 aromatic heterocycles. The summed E-state index contributed by atoms with van der Waals surface area (Å²) in [5, 5.41) is 0. The molecule has 0 bridgehead atoms. The van der Waals surface area contributed by atoms with Gasteiger partial charge in [-0.25, -0.2) is 0 Å². The second kappa shape index (κ2) is 117. The molecule has 0 aromatic rings. The van der Waals surface area contributed by atoms with Crippen molar-refractivity contribution in [3.63, 3.8) is 0 Å². The van der Waals surface area contributed by atoms with Crippen LogP contribution >= 0.6 is 0 Å². The van der Waals surface area contributed by atoms with Crippen molar-refractivity contribution in [3.8, 4) is 71.0 Å². The molecule has 0 rings (SSSR count). The van der Waals surface area contributed by atoms with Crippen LogP contribution in [0.3, 0.4) is 0 Å². The molecule has 215 valence electrons. The minimum absolute atomic E-state index is 0. The Kier molecular flexibility index (Phi) is 232. The number of halogens is 6. The molecular formula is C23H42B13F6. The van der Waals surface area contributed by atoms with E-state index in [0.717, 1.165) is 0 Å². The lowest BCUT2D eigenvalue weighted by Crippen LogP contribution is -2.42. The predicted molar refractivity (Wildman–Crippen MR) is 202 cm³/mol. The first-order valence-electron chi connectivity index (χ1n) is 9.35. The summed E-state index contributed by atoms with van der Waals surface area (Å²) in [4.78, 5) is 0. The molecule has 0 atom stereocenters. The highest BCUT2D eigenvalue weighted by atomic mass is 20.0. The van der Waals surface area contributed by atoms with Crippen LogP contribution in [0.4, 0.5) is 27.4 Å². The zero-order chi connectivity index (χ0) is 31.3. The van der Waals surface area contributed by atoms with Crippen LogP contribution < -0.4 is 0 Å². The average Bonchev–Trinajstić information content (AvgIpc) is 2.95. The first-order valence-corrected chi connectivity index (χ1v) is 8.35. The highest BCUT2D eigenvalue weighted by molar-refractivity contribution is 7.80. The van der Waals surface area contributed by atoms with Crippen molar-refractivity contribution in [2.45, 2.75) is 65.8 Å². The molecule has 0 fully saturated rings. The van der Waals surface area contributed by atoms with E-state index in [2.05, 4.69) is 84.2 Å². The third kappa shape index (κ3) is 183. The Labute approximate surface area is 276 Å². The summed E-state index contributed by atoms with van der Waals surface area (Å²) >= 11 is 0. The van der Waals surface area contributed by atoms with Gasteiger partial charge >= 0.3 is 0 Å². The van der Waals surface area contributed by atoms with Gasteiger partial charge in [0.25, 0.3) is 0 Å². The summed E-state index contributed by atoms with van der Waals surface area (Å²) in [5.41, 5.74) is 0. The monoisotopic (exact) mass is 577 g/mol. The van der Waals surface area contributed by atoms with Gasteiger partial charge in [0.2, 0.25) is 0 Å². The average molecular weight is 575 g/mol. The predicted octanol–water partition coefficient (Wildman–Crippen LogP) is 4.36. The normalized spacial score (nSPS) is 4.19. The molecule has 0 saturated heterocycles. The van der Waals surface area contributed by atoms with Crippen molar-refractivity contribution in [1.82, 2.24) is 0 Å². The highest BCUT2D eigenvalue weighted by Crippen LogP contribution is 1.67. The van der Waals surface area contributed by atoms with Crippen molar-refractivity contribution in [2.75, 3.05) is 0 Å². The van der Waals surface area contributed by atoms with E-state index in [9.17, 15) is 0 Å².